The quantitative estimate of drug-likeness (QED) is 0.727. The number of nitrogens with two attached hydrogens (primary N) is 1. The summed E-state index contributed by atoms with van der Waals surface area (Å²) in [7, 11) is 0. The van der Waals surface area contributed by atoms with E-state index in [2.05, 4.69) is 0 Å². The van der Waals surface area contributed by atoms with Gasteiger partial charge >= 0.3 is 12.1 Å². The number of carbonyl (C=O) groups is 1. The Kier molecular flexibility index (Phi) is 2.76. The summed E-state index contributed by atoms with van der Waals surface area (Å²) in [6, 6.07) is -1.84. The molecule has 0 amide bonds. The van der Waals surface area contributed by atoms with Gasteiger partial charge in [0.1, 0.15) is 6.04 Å². The number of carboxylic acid groups (broad SMARTS) is 1. The lowest BCUT2D eigenvalue weighted by Crippen LogP contribution is -2.54. The molecule has 0 bridgehead atoms. The van der Waals surface area contributed by atoms with Crippen LogP contribution in [0.15, 0.2) is 0 Å². The summed E-state index contributed by atoms with van der Waals surface area (Å²) in [6.07, 6.45) is -4.10. The van der Waals surface area contributed by atoms with Gasteiger partial charge in [0.15, 0.2) is 0 Å². The van der Waals surface area contributed by atoms with E-state index in [4.69, 9.17) is 10.8 Å². The van der Waals surface area contributed by atoms with Crippen LogP contribution >= 0.6 is 0 Å². The molecule has 82 valence electrons. The maximum absolute atomic E-state index is 12.7. The topological polar surface area (TPSA) is 63.3 Å². The van der Waals surface area contributed by atoms with Crippen molar-refractivity contribution in [3.63, 3.8) is 0 Å². The summed E-state index contributed by atoms with van der Waals surface area (Å²) in [5, 5.41) is 8.55. The van der Waals surface area contributed by atoms with Crippen LogP contribution in [0.4, 0.5) is 13.2 Å². The van der Waals surface area contributed by atoms with Crippen LogP contribution in [-0.2, 0) is 4.79 Å². The van der Waals surface area contributed by atoms with Crippen LogP contribution in [0.3, 0.4) is 0 Å². The Morgan fingerprint density at radius 1 is 1.36 bits per heavy atom. The van der Waals surface area contributed by atoms with Crippen LogP contribution in [0.1, 0.15) is 25.7 Å². The van der Waals surface area contributed by atoms with Crippen molar-refractivity contribution in [3.8, 4) is 0 Å². The van der Waals surface area contributed by atoms with Gasteiger partial charge in [-0.2, -0.15) is 13.2 Å². The van der Waals surface area contributed by atoms with Gasteiger partial charge in [0.25, 0.3) is 0 Å². The van der Waals surface area contributed by atoms with Crippen LogP contribution in [0.25, 0.3) is 0 Å². The molecule has 1 rings (SSSR count). The SMILES string of the molecule is N[C@@H](C(=O)O)C1(C(F)(F)F)CCCC1. The number of aliphatic carboxylic acids is 1. The van der Waals surface area contributed by atoms with E-state index in [-0.39, 0.29) is 12.8 Å². The Morgan fingerprint density at radius 2 is 1.79 bits per heavy atom. The Morgan fingerprint density at radius 3 is 2.07 bits per heavy atom. The molecule has 0 spiro atoms. The van der Waals surface area contributed by atoms with E-state index in [1.807, 2.05) is 0 Å². The molecule has 0 heterocycles. The summed E-state index contributed by atoms with van der Waals surface area (Å²) in [4.78, 5) is 10.5. The van der Waals surface area contributed by atoms with Crippen LogP contribution < -0.4 is 5.73 Å². The molecule has 0 aromatic heterocycles. The van der Waals surface area contributed by atoms with Crippen molar-refractivity contribution < 1.29 is 23.1 Å². The average Bonchev–Trinajstić information content (AvgIpc) is 2.50. The lowest BCUT2D eigenvalue weighted by atomic mass is 9.78. The second kappa shape index (κ2) is 3.42. The summed E-state index contributed by atoms with van der Waals surface area (Å²) in [5.41, 5.74) is 2.91. The molecule has 0 aromatic carbocycles. The van der Waals surface area contributed by atoms with E-state index in [0.717, 1.165) is 0 Å². The van der Waals surface area contributed by atoms with Crippen molar-refractivity contribution in [3.05, 3.63) is 0 Å². The van der Waals surface area contributed by atoms with Gasteiger partial charge in [-0.05, 0) is 12.8 Å². The monoisotopic (exact) mass is 211 g/mol. The molecule has 14 heavy (non-hydrogen) atoms. The van der Waals surface area contributed by atoms with Crippen molar-refractivity contribution in [1.82, 2.24) is 0 Å². The van der Waals surface area contributed by atoms with Crippen molar-refractivity contribution in [2.75, 3.05) is 0 Å². The van der Waals surface area contributed by atoms with Gasteiger partial charge in [0.2, 0.25) is 0 Å². The maximum Gasteiger partial charge on any atom is 0.396 e. The van der Waals surface area contributed by atoms with Gasteiger partial charge in [0, 0.05) is 0 Å². The minimum Gasteiger partial charge on any atom is -0.480 e. The molecular formula is C8H12F3NO2. The number of rotatable bonds is 2. The second-order valence-corrected chi connectivity index (χ2v) is 3.68. The van der Waals surface area contributed by atoms with E-state index in [9.17, 15) is 18.0 Å². The minimum absolute atomic E-state index is 0.177. The molecule has 1 fully saturated rings. The normalized spacial score (nSPS) is 23.4. The van der Waals surface area contributed by atoms with Crippen molar-refractivity contribution in [2.45, 2.75) is 37.9 Å². The van der Waals surface area contributed by atoms with E-state index in [0.29, 0.717) is 12.8 Å². The van der Waals surface area contributed by atoms with Gasteiger partial charge in [0.05, 0.1) is 5.41 Å². The summed E-state index contributed by atoms with van der Waals surface area (Å²) in [5.74, 6) is -1.58. The molecule has 0 radical (unpaired) electrons. The first-order valence-corrected chi connectivity index (χ1v) is 4.36. The third kappa shape index (κ3) is 1.58. The van der Waals surface area contributed by atoms with Crippen LogP contribution in [0, 0.1) is 5.41 Å². The zero-order valence-electron chi connectivity index (χ0n) is 7.47. The zero-order valence-corrected chi connectivity index (χ0v) is 7.47. The Balaban J connectivity index is 2.99. The third-order valence-electron chi connectivity index (χ3n) is 2.92. The largest absolute Gasteiger partial charge is 0.480 e. The van der Waals surface area contributed by atoms with Crippen LogP contribution in [0.5, 0.6) is 0 Å². The molecule has 1 saturated carbocycles. The molecular weight excluding hydrogens is 199 g/mol. The fourth-order valence-electron chi connectivity index (χ4n) is 2.01. The summed E-state index contributed by atoms with van der Waals surface area (Å²) in [6.45, 7) is 0. The van der Waals surface area contributed by atoms with Gasteiger partial charge in [-0.25, -0.2) is 0 Å². The highest BCUT2D eigenvalue weighted by atomic mass is 19.4. The highest BCUT2D eigenvalue weighted by molar-refractivity contribution is 5.74. The van der Waals surface area contributed by atoms with Gasteiger partial charge in [-0.1, -0.05) is 12.8 Å². The van der Waals surface area contributed by atoms with E-state index in [1.54, 1.807) is 0 Å². The van der Waals surface area contributed by atoms with Gasteiger partial charge < -0.3 is 10.8 Å². The second-order valence-electron chi connectivity index (χ2n) is 3.68. The first-order valence-electron chi connectivity index (χ1n) is 4.36. The molecule has 1 aliphatic carbocycles. The summed E-state index contributed by atoms with van der Waals surface area (Å²) >= 11 is 0. The Labute approximate surface area is 79.1 Å². The molecule has 1 atom stereocenters. The number of carboxylic acids is 1. The van der Waals surface area contributed by atoms with Gasteiger partial charge in [-0.15, -0.1) is 0 Å². The van der Waals surface area contributed by atoms with Crippen molar-refractivity contribution in [1.29, 1.82) is 0 Å². The molecule has 3 N–H and O–H groups in total. The number of alkyl halides is 3. The standard InChI is InChI=1S/C8H12F3NO2/c9-8(10,11)7(3-1-2-4-7)5(12)6(13)14/h5H,1-4,12H2,(H,13,14)/t5-/m0/s1. The van der Waals surface area contributed by atoms with Crippen LogP contribution in [0.2, 0.25) is 0 Å². The fraction of sp³-hybridized carbons (Fsp3) is 0.875. The Hall–Kier alpha value is -0.780. The number of hydrogen-bond donors (Lipinski definition) is 2. The van der Waals surface area contributed by atoms with E-state index in [1.165, 1.54) is 0 Å². The van der Waals surface area contributed by atoms with Crippen molar-refractivity contribution in [2.24, 2.45) is 11.1 Å². The molecule has 0 aromatic rings. The predicted octanol–water partition coefficient (Wildman–Crippen LogP) is 1.52. The molecule has 6 heteroatoms. The fourth-order valence-corrected chi connectivity index (χ4v) is 2.01. The molecule has 0 unspecified atom stereocenters. The van der Waals surface area contributed by atoms with Crippen molar-refractivity contribution >= 4 is 5.97 Å². The average molecular weight is 211 g/mol. The minimum atomic E-state index is -4.53. The first kappa shape index (κ1) is 11.3. The highest BCUT2D eigenvalue weighted by Gasteiger charge is 2.61. The molecule has 0 saturated heterocycles. The first-order chi connectivity index (χ1) is 6.31. The maximum atomic E-state index is 12.7. The molecule has 1 aliphatic rings. The zero-order chi connectivity index (χ0) is 11.0. The molecule has 0 aliphatic heterocycles. The lowest BCUT2D eigenvalue weighted by Gasteiger charge is -2.34. The van der Waals surface area contributed by atoms with E-state index < -0.39 is 23.6 Å². The number of hydrogen-bond acceptors (Lipinski definition) is 2. The van der Waals surface area contributed by atoms with Crippen LogP contribution in [-0.4, -0.2) is 23.3 Å². The summed E-state index contributed by atoms with van der Waals surface area (Å²) < 4.78 is 38.0. The molecule has 3 nitrogen and oxygen atoms in total. The van der Waals surface area contributed by atoms with Gasteiger partial charge in [-0.3, -0.25) is 4.79 Å². The lowest BCUT2D eigenvalue weighted by molar-refractivity contribution is -0.231. The number of halogens is 3. The van der Waals surface area contributed by atoms with E-state index >= 15 is 0 Å². The smallest absolute Gasteiger partial charge is 0.396 e. The Bertz CT molecular complexity index is 233. The highest BCUT2D eigenvalue weighted by Crippen LogP contribution is 2.52. The third-order valence-corrected chi connectivity index (χ3v) is 2.92. The predicted molar refractivity (Wildman–Crippen MR) is 42.6 cm³/mol.